The molecule has 0 aliphatic carbocycles. The van der Waals surface area contributed by atoms with Gasteiger partial charge in [0.1, 0.15) is 5.82 Å². The predicted molar refractivity (Wildman–Crippen MR) is 85.0 cm³/mol. The van der Waals surface area contributed by atoms with E-state index in [4.69, 9.17) is 4.74 Å². The van der Waals surface area contributed by atoms with Gasteiger partial charge in [0, 0.05) is 39.3 Å². The Morgan fingerprint density at radius 1 is 1.24 bits per heavy atom. The average molecular weight is 284 g/mol. The van der Waals surface area contributed by atoms with E-state index >= 15 is 0 Å². The van der Waals surface area contributed by atoms with Crippen LogP contribution in [0.25, 0.3) is 11.6 Å². The SMILES string of the molecule is COCCN(C)c1ccc(/C=C(\C)c2cnccn2)cn1. The lowest BCUT2D eigenvalue weighted by atomic mass is 10.1. The van der Waals surface area contributed by atoms with E-state index in [9.17, 15) is 0 Å². The topological polar surface area (TPSA) is 51.1 Å². The van der Waals surface area contributed by atoms with Crippen LogP contribution in [0.3, 0.4) is 0 Å². The Hall–Kier alpha value is -2.27. The molecule has 0 aliphatic heterocycles. The first-order chi connectivity index (χ1) is 10.2. The molecule has 0 unspecified atom stereocenters. The van der Waals surface area contributed by atoms with Gasteiger partial charge in [0.05, 0.1) is 18.5 Å². The van der Waals surface area contributed by atoms with E-state index in [-0.39, 0.29) is 0 Å². The van der Waals surface area contributed by atoms with Gasteiger partial charge in [0.15, 0.2) is 0 Å². The summed E-state index contributed by atoms with van der Waals surface area (Å²) in [6, 6.07) is 4.05. The Labute approximate surface area is 125 Å². The summed E-state index contributed by atoms with van der Waals surface area (Å²) in [6.45, 7) is 3.52. The highest BCUT2D eigenvalue weighted by molar-refractivity contribution is 5.78. The van der Waals surface area contributed by atoms with Crippen LogP contribution in [0.4, 0.5) is 5.82 Å². The Bertz CT molecular complexity index is 581. The van der Waals surface area contributed by atoms with Crippen LogP contribution in [-0.4, -0.2) is 42.3 Å². The van der Waals surface area contributed by atoms with E-state index in [1.807, 2.05) is 32.3 Å². The third-order valence-electron chi connectivity index (χ3n) is 3.14. The second-order valence-corrected chi connectivity index (χ2v) is 4.78. The van der Waals surface area contributed by atoms with Crippen LogP contribution in [0.5, 0.6) is 0 Å². The van der Waals surface area contributed by atoms with Gasteiger partial charge in [-0.3, -0.25) is 9.97 Å². The standard InChI is InChI=1S/C16H20N4O/c1-13(15-12-17-6-7-18-15)10-14-4-5-16(19-11-14)20(2)8-9-21-3/h4-7,10-12H,8-9H2,1-3H3/b13-10+. The molecule has 0 aliphatic rings. The van der Waals surface area contributed by atoms with Crippen molar-refractivity contribution in [3.05, 3.63) is 48.2 Å². The van der Waals surface area contributed by atoms with Gasteiger partial charge in [0.25, 0.3) is 0 Å². The van der Waals surface area contributed by atoms with Crippen molar-refractivity contribution >= 4 is 17.5 Å². The molecule has 0 amide bonds. The van der Waals surface area contributed by atoms with Crippen LogP contribution in [-0.2, 0) is 4.74 Å². The highest BCUT2D eigenvalue weighted by Crippen LogP contribution is 2.16. The zero-order chi connectivity index (χ0) is 15.1. The molecule has 0 saturated heterocycles. The Balaban J connectivity index is 2.09. The molecule has 2 aromatic heterocycles. The molecular formula is C16H20N4O. The molecular weight excluding hydrogens is 264 g/mol. The lowest BCUT2D eigenvalue weighted by Gasteiger charge is -2.17. The molecule has 0 fully saturated rings. The Morgan fingerprint density at radius 2 is 2.10 bits per heavy atom. The zero-order valence-electron chi connectivity index (χ0n) is 12.7. The summed E-state index contributed by atoms with van der Waals surface area (Å²) in [5.74, 6) is 0.932. The van der Waals surface area contributed by atoms with E-state index in [0.717, 1.165) is 29.2 Å². The molecule has 110 valence electrons. The molecule has 2 rings (SSSR count). The van der Waals surface area contributed by atoms with Crippen molar-refractivity contribution < 1.29 is 4.74 Å². The average Bonchev–Trinajstić information content (AvgIpc) is 2.54. The van der Waals surface area contributed by atoms with E-state index in [1.165, 1.54) is 0 Å². The quantitative estimate of drug-likeness (QED) is 0.816. The molecule has 5 heteroatoms. The lowest BCUT2D eigenvalue weighted by Crippen LogP contribution is -2.22. The number of likely N-dealkylation sites (N-methyl/N-ethyl adjacent to an activating group) is 1. The molecule has 0 atom stereocenters. The maximum Gasteiger partial charge on any atom is 0.128 e. The minimum Gasteiger partial charge on any atom is -0.383 e. The summed E-state index contributed by atoms with van der Waals surface area (Å²) >= 11 is 0. The smallest absolute Gasteiger partial charge is 0.128 e. The van der Waals surface area contributed by atoms with Gasteiger partial charge in [-0.15, -0.1) is 0 Å². The van der Waals surface area contributed by atoms with Gasteiger partial charge in [-0.1, -0.05) is 0 Å². The monoisotopic (exact) mass is 284 g/mol. The number of methoxy groups -OCH3 is 1. The summed E-state index contributed by atoms with van der Waals surface area (Å²) in [4.78, 5) is 14.9. The van der Waals surface area contributed by atoms with E-state index < -0.39 is 0 Å². The Morgan fingerprint density at radius 3 is 2.71 bits per heavy atom. The Kier molecular flexibility index (Phi) is 5.40. The van der Waals surface area contributed by atoms with Gasteiger partial charge in [-0.2, -0.15) is 0 Å². The van der Waals surface area contributed by atoms with Gasteiger partial charge in [0.2, 0.25) is 0 Å². The molecule has 2 heterocycles. The van der Waals surface area contributed by atoms with E-state index in [0.29, 0.717) is 6.61 Å². The number of ether oxygens (including phenoxy) is 1. The van der Waals surface area contributed by atoms with Crippen molar-refractivity contribution in [1.29, 1.82) is 0 Å². The third kappa shape index (κ3) is 4.36. The molecule has 0 aromatic carbocycles. The fourth-order valence-electron chi connectivity index (χ4n) is 1.88. The largest absolute Gasteiger partial charge is 0.383 e. The first-order valence-electron chi connectivity index (χ1n) is 6.81. The van der Waals surface area contributed by atoms with Crippen molar-refractivity contribution in [1.82, 2.24) is 15.0 Å². The summed E-state index contributed by atoms with van der Waals surface area (Å²) in [6.07, 6.45) is 9.03. The van der Waals surface area contributed by atoms with E-state index in [2.05, 4.69) is 25.9 Å². The van der Waals surface area contributed by atoms with Crippen molar-refractivity contribution in [3.63, 3.8) is 0 Å². The molecule has 0 N–H and O–H groups in total. The van der Waals surface area contributed by atoms with Crippen LogP contribution >= 0.6 is 0 Å². The zero-order valence-corrected chi connectivity index (χ0v) is 12.7. The number of pyridine rings is 1. The molecule has 0 bridgehead atoms. The summed E-state index contributed by atoms with van der Waals surface area (Å²) in [5.41, 5.74) is 2.98. The number of aromatic nitrogens is 3. The molecule has 2 aromatic rings. The minimum atomic E-state index is 0.686. The van der Waals surface area contributed by atoms with Crippen LogP contribution in [0.2, 0.25) is 0 Å². The molecule has 0 radical (unpaired) electrons. The molecule has 5 nitrogen and oxygen atoms in total. The van der Waals surface area contributed by atoms with E-state index in [1.54, 1.807) is 25.7 Å². The highest BCUT2D eigenvalue weighted by Gasteiger charge is 2.02. The normalized spacial score (nSPS) is 11.5. The number of hydrogen-bond donors (Lipinski definition) is 0. The van der Waals surface area contributed by atoms with Crippen LogP contribution < -0.4 is 4.90 Å². The number of anilines is 1. The van der Waals surface area contributed by atoms with Crippen LogP contribution in [0.15, 0.2) is 36.9 Å². The van der Waals surface area contributed by atoms with Crippen LogP contribution in [0, 0.1) is 0 Å². The van der Waals surface area contributed by atoms with Gasteiger partial charge < -0.3 is 9.64 Å². The van der Waals surface area contributed by atoms with Gasteiger partial charge in [-0.25, -0.2) is 4.98 Å². The first-order valence-corrected chi connectivity index (χ1v) is 6.81. The minimum absolute atomic E-state index is 0.686. The van der Waals surface area contributed by atoms with Crippen molar-refractivity contribution in [2.24, 2.45) is 0 Å². The van der Waals surface area contributed by atoms with Gasteiger partial charge >= 0.3 is 0 Å². The number of allylic oxidation sites excluding steroid dienone is 1. The fourth-order valence-corrected chi connectivity index (χ4v) is 1.88. The molecule has 0 spiro atoms. The summed E-state index contributed by atoms with van der Waals surface area (Å²) in [7, 11) is 3.70. The summed E-state index contributed by atoms with van der Waals surface area (Å²) in [5, 5.41) is 0. The number of hydrogen-bond acceptors (Lipinski definition) is 5. The lowest BCUT2D eigenvalue weighted by molar-refractivity contribution is 0.206. The second kappa shape index (κ2) is 7.50. The van der Waals surface area contributed by atoms with Crippen LogP contribution in [0.1, 0.15) is 18.2 Å². The molecule has 21 heavy (non-hydrogen) atoms. The predicted octanol–water partition coefficient (Wildman–Crippen LogP) is 2.51. The number of nitrogens with zero attached hydrogens (tertiary/aromatic N) is 4. The third-order valence-corrected chi connectivity index (χ3v) is 3.14. The number of rotatable bonds is 6. The maximum atomic E-state index is 5.07. The summed E-state index contributed by atoms with van der Waals surface area (Å²) < 4.78 is 5.07. The fraction of sp³-hybridized carbons (Fsp3) is 0.312. The first kappa shape index (κ1) is 15.1. The second-order valence-electron chi connectivity index (χ2n) is 4.78. The highest BCUT2D eigenvalue weighted by atomic mass is 16.5. The van der Waals surface area contributed by atoms with Crippen molar-refractivity contribution in [3.8, 4) is 0 Å². The molecule has 0 saturated carbocycles. The van der Waals surface area contributed by atoms with Crippen molar-refractivity contribution in [2.75, 3.05) is 32.2 Å². The van der Waals surface area contributed by atoms with Gasteiger partial charge in [-0.05, 0) is 36.3 Å². The maximum absolute atomic E-state index is 5.07. The van der Waals surface area contributed by atoms with Crippen molar-refractivity contribution in [2.45, 2.75) is 6.92 Å².